The average molecular weight is 537 g/mol. The molecule has 0 saturated heterocycles. The van der Waals surface area contributed by atoms with Crippen LogP contribution >= 0.6 is 0 Å². The number of methoxy groups -OCH3 is 1. The van der Waals surface area contributed by atoms with Crippen molar-refractivity contribution in [2.75, 3.05) is 13.7 Å². The van der Waals surface area contributed by atoms with Crippen LogP contribution in [0, 0.1) is 0 Å². The second-order valence-corrected chi connectivity index (χ2v) is 10.6. The summed E-state index contributed by atoms with van der Waals surface area (Å²) in [7, 11) is 1.67. The van der Waals surface area contributed by atoms with Gasteiger partial charge in [-0.1, -0.05) is 60.7 Å². The van der Waals surface area contributed by atoms with Crippen LogP contribution < -0.4 is 15.8 Å². The standard InChI is InChI=1S/C32H36N6O2/c1-32(2,33)30(39)34-20-19-25-22-37(28-12-8-7-11-27(25)28)31-36-35-29(18-15-23-9-5-4-6-10-23)38(31)21-24-13-16-26(40-3)17-14-24/h4-14,16-17,22H,15,18-21,33H2,1-3H3,(H,34,39). The molecule has 0 aliphatic rings. The normalized spacial score (nSPS) is 11.6. The Morgan fingerprint density at radius 2 is 1.62 bits per heavy atom. The molecule has 0 unspecified atom stereocenters. The number of hydrogen-bond acceptors (Lipinski definition) is 5. The fraction of sp³-hybridized carbons (Fsp3) is 0.281. The number of nitrogens with one attached hydrogen (secondary N) is 1. The van der Waals surface area contributed by atoms with Gasteiger partial charge in [-0.25, -0.2) is 0 Å². The molecule has 5 aromatic rings. The third-order valence-corrected chi connectivity index (χ3v) is 7.06. The number of amides is 1. The number of aromatic nitrogens is 4. The van der Waals surface area contributed by atoms with Gasteiger partial charge in [0.2, 0.25) is 11.9 Å². The molecule has 5 rings (SSSR count). The van der Waals surface area contributed by atoms with Crippen LogP contribution in [0.2, 0.25) is 0 Å². The van der Waals surface area contributed by atoms with Crippen LogP contribution in [-0.4, -0.2) is 44.4 Å². The number of hydrogen-bond donors (Lipinski definition) is 2. The van der Waals surface area contributed by atoms with Gasteiger partial charge in [0.15, 0.2) is 0 Å². The molecule has 0 aliphatic heterocycles. The molecular weight excluding hydrogens is 500 g/mol. The van der Waals surface area contributed by atoms with Crippen molar-refractivity contribution in [3.63, 3.8) is 0 Å². The minimum absolute atomic E-state index is 0.168. The Morgan fingerprint density at radius 3 is 2.35 bits per heavy atom. The maximum Gasteiger partial charge on any atom is 0.239 e. The number of nitrogens with zero attached hydrogens (tertiary/aromatic N) is 4. The molecule has 8 nitrogen and oxygen atoms in total. The van der Waals surface area contributed by atoms with Crippen LogP contribution in [0.1, 0.15) is 36.4 Å². The van der Waals surface area contributed by atoms with E-state index in [-0.39, 0.29) is 5.91 Å². The predicted molar refractivity (Wildman–Crippen MR) is 158 cm³/mol. The highest BCUT2D eigenvalue weighted by molar-refractivity contribution is 5.86. The van der Waals surface area contributed by atoms with Gasteiger partial charge in [0.25, 0.3) is 0 Å². The number of nitrogens with two attached hydrogens (primary N) is 1. The molecule has 0 aliphatic carbocycles. The van der Waals surface area contributed by atoms with Gasteiger partial charge in [-0.2, -0.15) is 0 Å². The van der Waals surface area contributed by atoms with Crippen LogP contribution in [0.3, 0.4) is 0 Å². The van der Waals surface area contributed by atoms with E-state index in [1.165, 1.54) is 5.56 Å². The minimum Gasteiger partial charge on any atom is -0.497 e. The van der Waals surface area contributed by atoms with Gasteiger partial charge < -0.3 is 15.8 Å². The Balaban J connectivity index is 1.49. The monoisotopic (exact) mass is 536 g/mol. The van der Waals surface area contributed by atoms with Gasteiger partial charge in [-0.3, -0.25) is 13.9 Å². The van der Waals surface area contributed by atoms with Crippen molar-refractivity contribution in [2.45, 2.75) is 45.2 Å². The second-order valence-electron chi connectivity index (χ2n) is 10.6. The van der Waals surface area contributed by atoms with Gasteiger partial charge in [-0.05, 0) is 61.6 Å². The van der Waals surface area contributed by atoms with Crippen molar-refractivity contribution < 1.29 is 9.53 Å². The second kappa shape index (κ2) is 11.8. The van der Waals surface area contributed by atoms with Crippen molar-refractivity contribution in [1.29, 1.82) is 0 Å². The minimum atomic E-state index is -0.915. The Morgan fingerprint density at radius 1 is 0.900 bits per heavy atom. The highest BCUT2D eigenvalue weighted by Gasteiger charge is 2.22. The smallest absolute Gasteiger partial charge is 0.239 e. The Bertz CT molecular complexity index is 1580. The summed E-state index contributed by atoms with van der Waals surface area (Å²) in [4.78, 5) is 12.3. The van der Waals surface area contributed by atoms with Crippen molar-refractivity contribution >= 4 is 16.8 Å². The van der Waals surface area contributed by atoms with E-state index < -0.39 is 5.54 Å². The first-order valence-electron chi connectivity index (χ1n) is 13.6. The third-order valence-electron chi connectivity index (χ3n) is 7.06. The number of benzene rings is 3. The number of carbonyl (C=O) groups excluding carboxylic acids is 1. The van der Waals surface area contributed by atoms with Crippen molar-refractivity contribution in [1.82, 2.24) is 24.6 Å². The number of para-hydroxylation sites is 1. The van der Waals surface area contributed by atoms with E-state index in [0.717, 1.165) is 52.4 Å². The fourth-order valence-electron chi connectivity index (χ4n) is 4.82. The van der Waals surface area contributed by atoms with Crippen LogP contribution in [0.25, 0.3) is 16.9 Å². The zero-order valence-electron chi connectivity index (χ0n) is 23.3. The highest BCUT2D eigenvalue weighted by atomic mass is 16.5. The molecule has 40 heavy (non-hydrogen) atoms. The summed E-state index contributed by atoms with van der Waals surface area (Å²) in [5.41, 5.74) is 9.59. The average Bonchev–Trinajstić information content (AvgIpc) is 3.53. The van der Waals surface area contributed by atoms with E-state index in [2.05, 4.69) is 74.3 Å². The lowest BCUT2D eigenvalue weighted by atomic mass is 10.1. The molecule has 1 amide bonds. The number of ether oxygens (including phenoxy) is 1. The number of aryl methyl sites for hydroxylation is 2. The zero-order chi connectivity index (χ0) is 28.1. The molecule has 0 atom stereocenters. The molecule has 0 radical (unpaired) electrons. The molecule has 206 valence electrons. The maximum absolute atomic E-state index is 12.3. The molecule has 3 N–H and O–H groups in total. The lowest BCUT2D eigenvalue weighted by molar-refractivity contribution is -0.125. The van der Waals surface area contributed by atoms with Crippen molar-refractivity contribution in [3.05, 3.63) is 108 Å². The van der Waals surface area contributed by atoms with Crippen molar-refractivity contribution in [2.24, 2.45) is 5.73 Å². The van der Waals surface area contributed by atoms with Gasteiger partial charge in [0, 0.05) is 24.5 Å². The molecule has 0 fully saturated rings. The Labute approximate surface area is 234 Å². The molecule has 3 aromatic carbocycles. The summed E-state index contributed by atoms with van der Waals surface area (Å²) in [6.07, 6.45) is 4.42. The summed E-state index contributed by atoms with van der Waals surface area (Å²) < 4.78 is 9.66. The van der Waals surface area contributed by atoms with E-state index in [0.29, 0.717) is 19.5 Å². The first-order chi connectivity index (χ1) is 19.3. The Kier molecular flexibility index (Phi) is 7.98. The predicted octanol–water partition coefficient (Wildman–Crippen LogP) is 4.46. The highest BCUT2D eigenvalue weighted by Crippen LogP contribution is 2.26. The molecule has 2 heterocycles. The van der Waals surface area contributed by atoms with E-state index in [1.807, 2.05) is 30.3 Å². The van der Waals surface area contributed by atoms with Crippen LogP contribution in [0.15, 0.2) is 85.1 Å². The van der Waals surface area contributed by atoms with Gasteiger partial charge in [0.05, 0.1) is 24.7 Å². The third kappa shape index (κ3) is 6.07. The molecule has 0 saturated carbocycles. The van der Waals surface area contributed by atoms with Crippen LogP contribution in [0.5, 0.6) is 5.75 Å². The largest absolute Gasteiger partial charge is 0.497 e. The van der Waals surface area contributed by atoms with E-state index in [1.54, 1.807) is 21.0 Å². The SMILES string of the molecule is COc1ccc(Cn2c(CCc3ccccc3)nnc2-n2cc(CCNC(=O)C(C)(C)N)c3ccccc32)cc1. The van der Waals surface area contributed by atoms with Crippen molar-refractivity contribution in [3.8, 4) is 11.7 Å². The number of carbonyl (C=O) groups is 1. The molecule has 0 bridgehead atoms. The summed E-state index contributed by atoms with van der Waals surface area (Å²) in [5.74, 6) is 2.33. The Hall–Kier alpha value is -4.43. The van der Waals surface area contributed by atoms with Gasteiger partial charge in [0.1, 0.15) is 11.6 Å². The number of rotatable bonds is 11. The molecule has 8 heteroatoms. The van der Waals surface area contributed by atoms with E-state index in [4.69, 9.17) is 15.6 Å². The van der Waals surface area contributed by atoms with Gasteiger partial charge in [-0.15, -0.1) is 10.2 Å². The van der Waals surface area contributed by atoms with Gasteiger partial charge >= 0.3 is 0 Å². The zero-order valence-corrected chi connectivity index (χ0v) is 23.3. The molecule has 0 spiro atoms. The lowest BCUT2D eigenvalue weighted by Gasteiger charge is -2.17. The first-order valence-corrected chi connectivity index (χ1v) is 13.6. The summed E-state index contributed by atoms with van der Waals surface area (Å²) >= 11 is 0. The summed E-state index contributed by atoms with van der Waals surface area (Å²) in [6, 6.07) is 26.8. The quantitative estimate of drug-likeness (QED) is 0.260. The maximum atomic E-state index is 12.3. The fourth-order valence-corrected chi connectivity index (χ4v) is 4.82. The summed E-state index contributed by atoms with van der Waals surface area (Å²) in [6.45, 7) is 4.53. The first kappa shape index (κ1) is 27.1. The molecule has 2 aromatic heterocycles. The number of fused-ring (bicyclic) bond motifs is 1. The van der Waals surface area contributed by atoms with E-state index in [9.17, 15) is 4.79 Å². The van der Waals surface area contributed by atoms with Crippen LogP contribution in [0.4, 0.5) is 0 Å². The summed E-state index contributed by atoms with van der Waals surface area (Å²) in [5, 5.41) is 13.4. The topological polar surface area (TPSA) is 100.0 Å². The lowest BCUT2D eigenvalue weighted by Crippen LogP contribution is -2.49. The van der Waals surface area contributed by atoms with E-state index >= 15 is 0 Å². The molecular formula is C32H36N6O2. The van der Waals surface area contributed by atoms with Crippen LogP contribution in [-0.2, 0) is 30.6 Å².